The van der Waals surface area contributed by atoms with Crippen LogP contribution in [0.4, 0.5) is 22.0 Å². The third kappa shape index (κ3) is 4.64. The van der Waals surface area contributed by atoms with E-state index in [2.05, 4.69) is 10.3 Å². The lowest BCUT2D eigenvalue weighted by Gasteiger charge is -2.33. The van der Waals surface area contributed by atoms with Crippen molar-refractivity contribution in [1.29, 1.82) is 0 Å². The highest BCUT2D eigenvalue weighted by Gasteiger charge is 2.46. The molecule has 0 unspecified atom stereocenters. The molecule has 0 spiro atoms. The van der Waals surface area contributed by atoms with Gasteiger partial charge in [-0.1, -0.05) is 11.6 Å². The number of benzene rings is 1. The summed E-state index contributed by atoms with van der Waals surface area (Å²) in [6, 6.07) is 7.76. The van der Waals surface area contributed by atoms with Gasteiger partial charge < -0.3 is 24.4 Å². The Hall–Kier alpha value is -3.70. The fraction of sp³-hybridized carbons (Fsp3) is 0.348. The summed E-state index contributed by atoms with van der Waals surface area (Å²) in [5.41, 5.74) is 1.18. The molecule has 3 aliphatic rings. The van der Waals surface area contributed by atoms with Crippen molar-refractivity contribution >= 4 is 52.5 Å². The van der Waals surface area contributed by atoms with Crippen molar-refractivity contribution in [3.05, 3.63) is 41.6 Å². The van der Waals surface area contributed by atoms with Crippen LogP contribution in [0.5, 0.6) is 5.75 Å². The number of ether oxygens (including phenoxy) is 3. The predicted molar refractivity (Wildman–Crippen MR) is 124 cm³/mol. The Morgan fingerprint density at radius 1 is 1.20 bits per heavy atom. The van der Waals surface area contributed by atoms with Crippen molar-refractivity contribution in [3.63, 3.8) is 0 Å². The number of halogens is 1. The molecule has 2 aromatic rings. The van der Waals surface area contributed by atoms with E-state index in [1.165, 1.54) is 17.2 Å². The molecule has 182 valence electrons. The number of pyridine rings is 1. The van der Waals surface area contributed by atoms with E-state index in [4.69, 9.17) is 25.8 Å². The Kier molecular flexibility index (Phi) is 6.27. The molecule has 0 aliphatic carbocycles. The second-order valence-electron chi connectivity index (χ2n) is 8.20. The normalized spacial score (nSPS) is 21.1. The molecule has 1 aromatic carbocycles. The number of anilines is 3. The largest absolute Gasteiger partial charge is 0.489 e. The highest BCUT2D eigenvalue weighted by atomic mass is 35.5. The minimum Gasteiger partial charge on any atom is -0.489 e. The Morgan fingerprint density at radius 3 is 2.83 bits per heavy atom. The van der Waals surface area contributed by atoms with Gasteiger partial charge in [0.1, 0.15) is 36.9 Å². The van der Waals surface area contributed by atoms with Crippen LogP contribution in [0.15, 0.2) is 36.5 Å². The molecule has 2 fully saturated rings. The summed E-state index contributed by atoms with van der Waals surface area (Å²) in [6.07, 6.45) is 0.221. The number of amides is 3. The quantitative estimate of drug-likeness (QED) is 0.598. The van der Waals surface area contributed by atoms with E-state index in [9.17, 15) is 19.2 Å². The minimum atomic E-state index is -0.809. The van der Waals surface area contributed by atoms with Gasteiger partial charge in [0.15, 0.2) is 0 Å². The molecule has 0 radical (unpaired) electrons. The molecule has 2 saturated heterocycles. The zero-order chi connectivity index (χ0) is 24.5. The molecule has 5 rings (SSSR count). The number of Topliss-reactive ketones (excluding diaryl/α,β-unsaturated/α-hetero) is 1. The van der Waals surface area contributed by atoms with Crippen LogP contribution >= 0.6 is 11.6 Å². The first kappa shape index (κ1) is 23.1. The third-order valence-electron chi connectivity index (χ3n) is 6.00. The summed E-state index contributed by atoms with van der Waals surface area (Å²) in [6.45, 7) is 1.05. The highest BCUT2D eigenvalue weighted by Crippen LogP contribution is 2.41. The van der Waals surface area contributed by atoms with E-state index in [0.29, 0.717) is 35.3 Å². The van der Waals surface area contributed by atoms with Gasteiger partial charge in [0.2, 0.25) is 5.78 Å². The van der Waals surface area contributed by atoms with Crippen molar-refractivity contribution in [3.8, 4) is 5.75 Å². The second kappa shape index (κ2) is 9.51. The Balaban J connectivity index is 1.22. The lowest BCUT2D eigenvalue weighted by Crippen LogP contribution is -2.45. The van der Waals surface area contributed by atoms with Crippen LogP contribution in [-0.4, -0.2) is 67.2 Å². The van der Waals surface area contributed by atoms with Crippen LogP contribution in [0.2, 0.25) is 5.02 Å². The van der Waals surface area contributed by atoms with Crippen molar-refractivity contribution in [1.82, 2.24) is 4.98 Å². The summed E-state index contributed by atoms with van der Waals surface area (Å²) in [4.78, 5) is 56.3. The lowest BCUT2D eigenvalue weighted by atomic mass is 10.0. The van der Waals surface area contributed by atoms with Gasteiger partial charge in [-0.25, -0.2) is 9.78 Å². The standard InChI is InChI=1S/C23H21ClN4O7/c24-13-1-6-20(25-10-13)26-22(31)17(29)4-5-18-16-11-34-19-9-14(27-7-8-33-12-21(27)30)2-3-15(19)28(16)23(32)35-18/h1-3,6,9-10,16,18H,4-5,7-8,11-12H2,(H,25,26,31)/t16-,18-/m0/s1. The average molecular weight is 501 g/mol. The maximum Gasteiger partial charge on any atom is 0.415 e. The van der Waals surface area contributed by atoms with Crippen LogP contribution in [-0.2, 0) is 23.9 Å². The number of hydrogen-bond acceptors (Lipinski definition) is 8. The van der Waals surface area contributed by atoms with Gasteiger partial charge in [-0.3, -0.25) is 19.3 Å². The second-order valence-corrected chi connectivity index (χ2v) is 8.63. The summed E-state index contributed by atoms with van der Waals surface area (Å²) in [5.74, 6) is -0.945. The Morgan fingerprint density at radius 2 is 2.06 bits per heavy atom. The summed E-state index contributed by atoms with van der Waals surface area (Å²) in [7, 11) is 0. The monoisotopic (exact) mass is 500 g/mol. The maximum absolute atomic E-state index is 12.7. The summed E-state index contributed by atoms with van der Waals surface area (Å²) >= 11 is 5.76. The van der Waals surface area contributed by atoms with Gasteiger partial charge in [0.05, 0.1) is 17.3 Å². The maximum atomic E-state index is 12.7. The zero-order valence-corrected chi connectivity index (χ0v) is 19.2. The minimum absolute atomic E-state index is 0.0209. The number of nitrogens with zero attached hydrogens (tertiary/aromatic N) is 3. The first-order valence-corrected chi connectivity index (χ1v) is 11.4. The number of morpholine rings is 1. The molecular formula is C23H21ClN4O7. The van der Waals surface area contributed by atoms with Crippen LogP contribution in [0, 0.1) is 0 Å². The van der Waals surface area contributed by atoms with Crippen molar-refractivity contribution in [2.75, 3.05) is 41.5 Å². The number of fused-ring (bicyclic) bond motifs is 3. The average Bonchev–Trinajstić information content (AvgIpc) is 3.19. The molecule has 11 nitrogen and oxygen atoms in total. The number of ketones is 1. The molecule has 3 aliphatic heterocycles. The molecule has 4 heterocycles. The van der Waals surface area contributed by atoms with E-state index in [-0.39, 0.29) is 37.8 Å². The van der Waals surface area contributed by atoms with Crippen LogP contribution in [0.1, 0.15) is 12.8 Å². The first-order valence-electron chi connectivity index (χ1n) is 11.0. The highest BCUT2D eigenvalue weighted by molar-refractivity contribution is 6.40. The molecule has 1 N–H and O–H groups in total. The van der Waals surface area contributed by atoms with Crippen LogP contribution in [0.3, 0.4) is 0 Å². The SMILES string of the molecule is O=C(CC[C@@H]1OC(=O)N2c3ccc(N4CCOCC4=O)cc3OC[C@@H]12)C(=O)Nc1ccc(Cl)cn1. The van der Waals surface area contributed by atoms with Crippen molar-refractivity contribution < 1.29 is 33.4 Å². The molecule has 35 heavy (non-hydrogen) atoms. The number of carbonyl (C=O) groups is 4. The molecule has 2 atom stereocenters. The van der Waals surface area contributed by atoms with E-state index in [1.807, 2.05) is 0 Å². The van der Waals surface area contributed by atoms with E-state index >= 15 is 0 Å². The van der Waals surface area contributed by atoms with Gasteiger partial charge in [0.25, 0.3) is 11.8 Å². The molecule has 1 aromatic heterocycles. The Bertz CT molecular complexity index is 1190. The van der Waals surface area contributed by atoms with Crippen molar-refractivity contribution in [2.24, 2.45) is 0 Å². The topological polar surface area (TPSA) is 127 Å². The smallest absolute Gasteiger partial charge is 0.415 e. The number of hydrogen-bond donors (Lipinski definition) is 1. The predicted octanol–water partition coefficient (Wildman–Crippen LogP) is 2.17. The van der Waals surface area contributed by atoms with Gasteiger partial charge in [-0.15, -0.1) is 0 Å². The molecular weight excluding hydrogens is 480 g/mol. The third-order valence-corrected chi connectivity index (χ3v) is 6.22. The molecule has 12 heteroatoms. The molecule has 0 saturated carbocycles. The van der Waals surface area contributed by atoms with Gasteiger partial charge >= 0.3 is 6.09 Å². The van der Waals surface area contributed by atoms with Crippen LogP contribution in [0.25, 0.3) is 0 Å². The number of cyclic esters (lactones) is 1. The molecule has 3 amide bonds. The van der Waals surface area contributed by atoms with Crippen molar-refractivity contribution in [2.45, 2.75) is 25.0 Å². The summed E-state index contributed by atoms with van der Waals surface area (Å²) < 4.78 is 16.6. The summed E-state index contributed by atoms with van der Waals surface area (Å²) in [5, 5.41) is 2.83. The Labute approximate surface area is 204 Å². The number of rotatable bonds is 6. The van der Waals surface area contributed by atoms with E-state index < -0.39 is 29.9 Å². The fourth-order valence-electron chi connectivity index (χ4n) is 4.25. The number of carbonyl (C=O) groups excluding carboxylic acids is 4. The van der Waals surface area contributed by atoms with Gasteiger partial charge in [-0.05, 0) is 30.7 Å². The van der Waals surface area contributed by atoms with Gasteiger partial charge in [-0.2, -0.15) is 0 Å². The van der Waals surface area contributed by atoms with Gasteiger partial charge in [0, 0.05) is 30.9 Å². The van der Waals surface area contributed by atoms with E-state index in [0.717, 1.165) is 0 Å². The number of nitrogens with one attached hydrogen (secondary N) is 1. The first-order chi connectivity index (χ1) is 16.9. The fourth-order valence-corrected chi connectivity index (χ4v) is 4.36. The van der Waals surface area contributed by atoms with Crippen LogP contribution < -0.4 is 19.9 Å². The molecule has 0 bridgehead atoms. The number of aromatic nitrogens is 1. The van der Waals surface area contributed by atoms with E-state index in [1.54, 1.807) is 29.2 Å². The lowest BCUT2D eigenvalue weighted by molar-refractivity contribution is -0.135. The zero-order valence-electron chi connectivity index (χ0n) is 18.4.